The summed E-state index contributed by atoms with van der Waals surface area (Å²) >= 11 is 12.0. The van der Waals surface area contributed by atoms with Gasteiger partial charge in [-0.2, -0.15) is 0 Å². The van der Waals surface area contributed by atoms with Crippen molar-refractivity contribution in [2.75, 3.05) is 0 Å². The van der Waals surface area contributed by atoms with E-state index in [4.69, 9.17) is 23.2 Å². The van der Waals surface area contributed by atoms with Crippen LogP contribution in [0.25, 0.3) is 10.8 Å². The van der Waals surface area contributed by atoms with Gasteiger partial charge in [-0.05, 0) is 46.5 Å². The Bertz CT molecular complexity index is 727. The van der Waals surface area contributed by atoms with Crippen molar-refractivity contribution in [3.8, 4) is 0 Å². The standard InChI is InChI=1S/C17H11Cl2/c18-16-9-8-12(11-17(16)19)10-14-6-3-5-13-4-1-2-7-15(13)14/h1-5,7-9,11H,10H2. The van der Waals surface area contributed by atoms with E-state index in [2.05, 4.69) is 30.3 Å². The summed E-state index contributed by atoms with van der Waals surface area (Å²) < 4.78 is 0. The molecule has 0 aromatic heterocycles. The van der Waals surface area contributed by atoms with Gasteiger partial charge in [-0.3, -0.25) is 0 Å². The molecule has 3 rings (SSSR count). The molecule has 0 aliphatic carbocycles. The second-order valence-corrected chi connectivity index (χ2v) is 5.28. The van der Waals surface area contributed by atoms with Crippen LogP contribution in [0.15, 0.2) is 54.6 Å². The van der Waals surface area contributed by atoms with Crippen molar-refractivity contribution in [2.24, 2.45) is 0 Å². The lowest BCUT2D eigenvalue weighted by atomic mass is 9.98. The van der Waals surface area contributed by atoms with Gasteiger partial charge < -0.3 is 0 Å². The van der Waals surface area contributed by atoms with Gasteiger partial charge in [0.05, 0.1) is 10.0 Å². The first-order valence-corrected chi connectivity index (χ1v) is 6.82. The molecule has 3 aromatic carbocycles. The Hall–Kier alpha value is -1.50. The molecule has 0 saturated heterocycles. The van der Waals surface area contributed by atoms with Gasteiger partial charge in [-0.15, -0.1) is 0 Å². The van der Waals surface area contributed by atoms with Gasteiger partial charge in [-0.1, -0.05) is 65.7 Å². The van der Waals surface area contributed by atoms with Gasteiger partial charge in [0.2, 0.25) is 0 Å². The summed E-state index contributed by atoms with van der Waals surface area (Å²) in [6.07, 6.45) is 0.804. The maximum atomic E-state index is 6.06. The molecular formula is C17H11Cl2. The van der Waals surface area contributed by atoms with Gasteiger partial charge in [0.15, 0.2) is 0 Å². The molecule has 0 saturated carbocycles. The van der Waals surface area contributed by atoms with E-state index < -0.39 is 0 Å². The van der Waals surface area contributed by atoms with Gasteiger partial charge in [-0.25, -0.2) is 0 Å². The smallest absolute Gasteiger partial charge is 0.0595 e. The molecule has 0 aliphatic heterocycles. The highest BCUT2D eigenvalue weighted by Gasteiger charge is 2.04. The van der Waals surface area contributed by atoms with Crippen molar-refractivity contribution in [3.63, 3.8) is 0 Å². The molecule has 3 aromatic rings. The summed E-state index contributed by atoms with van der Waals surface area (Å²) in [5.41, 5.74) is 2.32. The predicted octanol–water partition coefficient (Wildman–Crippen LogP) is 5.54. The minimum Gasteiger partial charge on any atom is -0.0827 e. The van der Waals surface area contributed by atoms with Gasteiger partial charge in [0.1, 0.15) is 0 Å². The Morgan fingerprint density at radius 1 is 0.895 bits per heavy atom. The Labute approximate surface area is 122 Å². The van der Waals surface area contributed by atoms with E-state index in [0.717, 1.165) is 12.0 Å². The molecular weight excluding hydrogens is 275 g/mol. The summed E-state index contributed by atoms with van der Waals surface area (Å²) in [6, 6.07) is 21.5. The second kappa shape index (κ2) is 5.24. The predicted molar refractivity (Wildman–Crippen MR) is 82.1 cm³/mol. The van der Waals surface area contributed by atoms with Gasteiger partial charge in [0, 0.05) is 0 Å². The molecule has 0 bridgehead atoms. The monoisotopic (exact) mass is 285 g/mol. The number of benzene rings is 3. The Morgan fingerprint density at radius 2 is 1.74 bits per heavy atom. The zero-order valence-electron chi connectivity index (χ0n) is 10.2. The van der Waals surface area contributed by atoms with Crippen LogP contribution in [0, 0.1) is 6.07 Å². The fourth-order valence-electron chi connectivity index (χ4n) is 2.23. The molecule has 0 unspecified atom stereocenters. The lowest BCUT2D eigenvalue weighted by Gasteiger charge is -2.07. The summed E-state index contributed by atoms with van der Waals surface area (Å²) in [7, 11) is 0. The zero-order valence-corrected chi connectivity index (χ0v) is 11.7. The molecule has 2 heteroatoms. The summed E-state index contributed by atoms with van der Waals surface area (Å²) in [5.74, 6) is 0. The highest BCUT2D eigenvalue weighted by Crippen LogP contribution is 2.26. The molecule has 93 valence electrons. The summed E-state index contributed by atoms with van der Waals surface area (Å²) in [4.78, 5) is 0. The van der Waals surface area contributed by atoms with Crippen molar-refractivity contribution < 1.29 is 0 Å². The second-order valence-electron chi connectivity index (χ2n) is 4.47. The van der Waals surface area contributed by atoms with Crippen LogP contribution in [-0.2, 0) is 6.42 Å². The van der Waals surface area contributed by atoms with Crippen LogP contribution >= 0.6 is 23.2 Å². The van der Waals surface area contributed by atoms with Crippen LogP contribution in [0.2, 0.25) is 10.0 Å². The lowest BCUT2D eigenvalue weighted by Crippen LogP contribution is -1.90. The third-order valence-electron chi connectivity index (χ3n) is 3.17. The van der Waals surface area contributed by atoms with Crippen LogP contribution in [0.1, 0.15) is 11.1 Å². The van der Waals surface area contributed by atoms with Crippen molar-refractivity contribution >= 4 is 34.0 Å². The summed E-state index contributed by atoms with van der Waals surface area (Å²) in [5, 5.41) is 3.65. The topological polar surface area (TPSA) is 0 Å². The molecule has 19 heavy (non-hydrogen) atoms. The van der Waals surface area contributed by atoms with E-state index in [1.54, 1.807) is 0 Å². The van der Waals surface area contributed by atoms with Crippen molar-refractivity contribution in [3.05, 3.63) is 81.8 Å². The number of halogens is 2. The first-order chi connectivity index (χ1) is 9.24. The molecule has 0 amide bonds. The van der Waals surface area contributed by atoms with Crippen LogP contribution in [0.3, 0.4) is 0 Å². The maximum Gasteiger partial charge on any atom is 0.0595 e. The third kappa shape index (κ3) is 2.60. The average Bonchev–Trinajstić information content (AvgIpc) is 2.43. The summed E-state index contributed by atoms with van der Waals surface area (Å²) in [6.45, 7) is 0. The molecule has 0 N–H and O–H groups in total. The van der Waals surface area contributed by atoms with Crippen LogP contribution in [0.4, 0.5) is 0 Å². The van der Waals surface area contributed by atoms with Gasteiger partial charge in [0.25, 0.3) is 0 Å². The molecule has 0 fully saturated rings. The van der Waals surface area contributed by atoms with E-state index in [9.17, 15) is 0 Å². The zero-order chi connectivity index (χ0) is 13.2. The van der Waals surface area contributed by atoms with E-state index >= 15 is 0 Å². The van der Waals surface area contributed by atoms with E-state index in [1.165, 1.54) is 16.3 Å². The van der Waals surface area contributed by atoms with Gasteiger partial charge >= 0.3 is 0 Å². The number of rotatable bonds is 2. The Kier molecular flexibility index (Phi) is 3.46. The number of hydrogen-bond acceptors (Lipinski definition) is 0. The normalized spacial score (nSPS) is 10.8. The Balaban J connectivity index is 2.03. The quantitative estimate of drug-likeness (QED) is 0.580. The number of fused-ring (bicyclic) bond motifs is 1. The van der Waals surface area contributed by atoms with Crippen molar-refractivity contribution in [1.82, 2.24) is 0 Å². The fourth-order valence-corrected chi connectivity index (χ4v) is 2.55. The van der Waals surface area contributed by atoms with E-state index in [1.807, 2.05) is 30.3 Å². The van der Waals surface area contributed by atoms with Crippen molar-refractivity contribution in [2.45, 2.75) is 6.42 Å². The SMILES string of the molecule is Clc1ccc(Cc2[c]ccc3ccccc23)cc1Cl. The largest absolute Gasteiger partial charge is 0.0827 e. The maximum absolute atomic E-state index is 6.06. The number of hydrogen-bond donors (Lipinski definition) is 0. The molecule has 0 spiro atoms. The van der Waals surface area contributed by atoms with Crippen molar-refractivity contribution in [1.29, 1.82) is 0 Å². The highest BCUT2D eigenvalue weighted by molar-refractivity contribution is 6.42. The molecule has 0 aliphatic rings. The Morgan fingerprint density at radius 3 is 2.58 bits per heavy atom. The fraction of sp³-hybridized carbons (Fsp3) is 0.0588. The molecule has 0 nitrogen and oxygen atoms in total. The van der Waals surface area contributed by atoms with E-state index in [0.29, 0.717) is 10.0 Å². The molecule has 1 radical (unpaired) electrons. The minimum absolute atomic E-state index is 0.590. The molecule has 0 heterocycles. The average molecular weight is 286 g/mol. The minimum atomic E-state index is 0.590. The van der Waals surface area contributed by atoms with E-state index in [-0.39, 0.29) is 0 Å². The van der Waals surface area contributed by atoms with Crippen LogP contribution < -0.4 is 0 Å². The first kappa shape index (κ1) is 12.5. The third-order valence-corrected chi connectivity index (χ3v) is 3.91. The van der Waals surface area contributed by atoms with Crippen LogP contribution in [-0.4, -0.2) is 0 Å². The highest BCUT2D eigenvalue weighted by atomic mass is 35.5. The first-order valence-electron chi connectivity index (χ1n) is 6.06. The van der Waals surface area contributed by atoms with Crippen LogP contribution in [0.5, 0.6) is 0 Å². The molecule has 0 atom stereocenters. The lowest BCUT2D eigenvalue weighted by molar-refractivity contribution is 1.21.